The molecule has 0 unspecified atom stereocenters. The monoisotopic (exact) mass is 458 g/mol. The van der Waals surface area contributed by atoms with Gasteiger partial charge in [0, 0.05) is 0 Å². The zero-order chi connectivity index (χ0) is 17.9. The number of esters is 1. The highest BCUT2D eigenvalue weighted by Crippen LogP contribution is 2.38. The molecule has 0 saturated carbocycles. The van der Waals surface area contributed by atoms with Crippen LogP contribution >= 0.6 is 31.9 Å². The number of hydrogen-bond donors (Lipinski definition) is 2. The molecule has 8 heteroatoms. The molecule has 2 N–H and O–H groups in total. The first-order valence-electron chi connectivity index (χ1n) is 6.60. The Hall–Kier alpha value is -2.06. The molecule has 0 aliphatic heterocycles. The third-order valence-corrected chi connectivity index (χ3v) is 4.23. The minimum Gasteiger partial charge on any atom is -0.507 e. The van der Waals surface area contributed by atoms with E-state index in [9.17, 15) is 14.7 Å². The van der Waals surface area contributed by atoms with Crippen LogP contribution in [0.5, 0.6) is 17.2 Å². The van der Waals surface area contributed by atoms with Gasteiger partial charge in [-0.1, -0.05) is 0 Å². The van der Waals surface area contributed by atoms with Crippen LogP contribution in [0.25, 0.3) is 0 Å². The van der Waals surface area contributed by atoms with Gasteiger partial charge in [-0.15, -0.1) is 0 Å². The number of hydrogen-bond acceptors (Lipinski definition) is 5. The van der Waals surface area contributed by atoms with Crippen LogP contribution in [0.3, 0.4) is 0 Å². The lowest BCUT2D eigenvalue weighted by atomic mass is 10.1. The molecule has 126 valence electrons. The fraction of sp³-hybridized carbons (Fsp3) is 0.125. The predicted molar refractivity (Wildman–Crippen MR) is 92.7 cm³/mol. The van der Waals surface area contributed by atoms with Gasteiger partial charge in [0.1, 0.15) is 17.1 Å². The average Bonchev–Trinajstić information content (AvgIpc) is 2.52. The number of aromatic hydroxyl groups is 1. The number of halogens is 2. The third-order valence-electron chi connectivity index (χ3n) is 3.05. The number of rotatable bonds is 5. The summed E-state index contributed by atoms with van der Waals surface area (Å²) < 4.78 is 11.5. The van der Waals surface area contributed by atoms with Crippen molar-refractivity contribution >= 4 is 43.8 Å². The molecule has 0 saturated heterocycles. The topological polar surface area (TPSA) is 93.1 Å². The van der Waals surface area contributed by atoms with Crippen molar-refractivity contribution in [1.82, 2.24) is 0 Å². The van der Waals surface area contributed by atoms with Gasteiger partial charge in [-0.3, -0.25) is 4.79 Å². The van der Waals surface area contributed by atoms with Gasteiger partial charge < -0.3 is 19.7 Å². The molecule has 0 spiro atoms. The molecule has 2 aromatic rings. The zero-order valence-electron chi connectivity index (χ0n) is 12.4. The molecule has 0 amide bonds. The van der Waals surface area contributed by atoms with Gasteiger partial charge >= 0.3 is 11.9 Å². The molecule has 24 heavy (non-hydrogen) atoms. The van der Waals surface area contributed by atoms with Gasteiger partial charge in [0.05, 0.1) is 22.5 Å². The second kappa shape index (κ2) is 7.67. The molecule has 0 atom stereocenters. The van der Waals surface area contributed by atoms with Crippen molar-refractivity contribution in [2.75, 3.05) is 7.11 Å². The lowest BCUT2D eigenvalue weighted by Gasteiger charge is -2.12. The molecule has 0 aromatic heterocycles. The van der Waals surface area contributed by atoms with E-state index in [0.717, 1.165) is 0 Å². The second-order valence-electron chi connectivity index (χ2n) is 4.73. The van der Waals surface area contributed by atoms with Gasteiger partial charge in [0.2, 0.25) is 0 Å². The third kappa shape index (κ3) is 4.27. The van der Waals surface area contributed by atoms with Gasteiger partial charge in [0.25, 0.3) is 0 Å². The molecule has 6 nitrogen and oxygen atoms in total. The first-order valence-corrected chi connectivity index (χ1v) is 8.19. The van der Waals surface area contributed by atoms with E-state index in [1.165, 1.54) is 25.3 Å². The smallest absolute Gasteiger partial charge is 0.339 e. The molecule has 0 radical (unpaired) electrons. The Kier molecular flexibility index (Phi) is 5.84. The highest BCUT2D eigenvalue weighted by Gasteiger charge is 2.15. The van der Waals surface area contributed by atoms with Crippen LogP contribution in [-0.4, -0.2) is 29.3 Å². The Morgan fingerprint density at radius 1 is 1.12 bits per heavy atom. The summed E-state index contributed by atoms with van der Waals surface area (Å²) in [5, 5.41) is 18.6. The van der Waals surface area contributed by atoms with Crippen molar-refractivity contribution in [1.29, 1.82) is 0 Å². The standard InChI is InChI=1S/C16H12Br2O6/c1-23-14(20)6-8-4-11(17)15(12(18)5-8)24-9-2-3-13(19)10(7-9)16(21)22/h2-5,7,19H,6H2,1H3,(H,21,22). The number of carbonyl (C=O) groups is 2. The lowest BCUT2D eigenvalue weighted by Crippen LogP contribution is -2.04. The number of aromatic carboxylic acids is 1. The first-order chi connectivity index (χ1) is 11.3. The molecular formula is C16H12Br2O6. The number of carboxylic acids is 1. The van der Waals surface area contributed by atoms with Crippen LogP contribution in [0.1, 0.15) is 15.9 Å². The Bertz CT molecular complexity index is 780. The average molecular weight is 460 g/mol. The number of ether oxygens (including phenoxy) is 2. The molecule has 0 aliphatic carbocycles. The highest BCUT2D eigenvalue weighted by molar-refractivity contribution is 9.11. The number of methoxy groups -OCH3 is 1. The van der Waals surface area contributed by atoms with E-state index >= 15 is 0 Å². The Morgan fingerprint density at radius 2 is 1.75 bits per heavy atom. The number of carboxylic acid groups (broad SMARTS) is 1. The van der Waals surface area contributed by atoms with Crippen LogP contribution in [0, 0.1) is 0 Å². The van der Waals surface area contributed by atoms with E-state index in [-0.39, 0.29) is 29.5 Å². The van der Waals surface area contributed by atoms with Crippen LogP contribution in [-0.2, 0) is 16.0 Å². The fourth-order valence-electron chi connectivity index (χ4n) is 1.92. The summed E-state index contributed by atoms with van der Waals surface area (Å²) in [7, 11) is 1.31. The van der Waals surface area contributed by atoms with E-state index < -0.39 is 5.97 Å². The van der Waals surface area contributed by atoms with E-state index in [1.54, 1.807) is 12.1 Å². The van der Waals surface area contributed by atoms with Crippen LogP contribution in [0.4, 0.5) is 0 Å². The van der Waals surface area contributed by atoms with Crippen molar-refractivity contribution < 1.29 is 29.3 Å². The quantitative estimate of drug-likeness (QED) is 0.653. The zero-order valence-corrected chi connectivity index (χ0v) is 15.5. The minimum atomic E-state index is -1.26. The molecule has 0 heterocycles. The summed E-state index contributed by atoms with van der Waals surface area (Å²) in [6, 6.07) is 7.32. The number of carbonyl (C=O) groups excluding carboxylic acids is 1. The summed E-state index contributed by atoms with van der Waals surface area (Å²) in [5.74, 6) is -1.32. The minimum absolute atomic E-state index is 0.107. The molecule has 0 fully saturated rings. The normalized spacial score (nSPS) is 10.3. The summed E-state index contributed by atoms with van der Waals surface area (Å²) in [5.41, 5.74) is 0.451. The largest absolute Gasteiger partial charge is 0.507 e. The van der Waals surface area contributed by atoms with Crippen molar-refractivity contribution in [3.05, 3.63) is 50.4 Å². The molecule has 2 aromatic carbocycles. The summed E-state index contributed by atoms with van der Waals surface area (Å²) in [6.07, 6.45) is 0.107. The fourth-order valence-corrected chi connectivity index (χ4v) is 3.36. The van der Waals surface area contributed by atoms with Gasteiger partial charge in [-0.25, -0.2) is 4.79 Å². The van der Waals surface area contributed by atoms with E-state index in [4.69, 9.17) is 9.84 Å². The molecular weight excluding hydrogens is 448 g/mol. The number of benzene rings is 2. The second-order valence-corrected chi connectivity index (χ2v) is 6.44. The summed E-state index contributed by atoms with van der Waals surface area (Å²) in [6.45, 7) is 0. The van der Waals surface area contributed by atoms with Crippen molar-refractivity contribution in [3.63, 3.8) is 0 Å². The van der Waals surface area contributed by atoms with Gasteiger partial charge in [0.15, 0.2) is 5.75 Å². The summed E-state index contributed by atoms with van der Waals surface area (Å²) in [4.78, 5) is 22.4. The van der Waals surface area contributed by atoms with Gasteiger partial charge in [-0.05, 0) is 67.8 Å². The molecule has 2 rings (SSSR count). The maximum absolute atomic E-state index is 11.3. The molecule has 0 bridgehead atoms. The van der Waals surface area contributed by atoms with Crippen molar-refractivity contribution in [2.45, 2.75) is 6.42 Å². The first kappa shape index (κ1) is 18.3. The van der Waals surface area contributed by atoms with Gasteiger partial charge in [-0.2, -0.15) is 0 Å². The lowest BCUT2D eigenvalue weighted by molar-refractivity contribution is -0.139. The molecule has 0 aliphatic rings. The van der Waals surface area contributed by atoms with E-state index in [0.29, 0.717) is 20.3 Å². The Labute approximate surface area is 154 Å². The van der Waals surface area contributed by atoms with Crippen LogP contribution in [0.15, 0.2) is 39.3 Å². The van der Waals surface area contributed by atoms with E-state index in [2.05, 4.69) is 36.6 Å². The Balaban J connectivity index is 2.32. The number of phenols is 1. The van der Waals surface area contributed by atoms with Crippen molar-refractivity contribution in [2.24, 2.45) is 0 Å². The van der Waals surface area contributed by atoms with Crippen LogP contribution < -0.4 is 4.74 Å². The predicted octanol–water partition coefficient (Wildman–Crippen LogP) is 4.12. The maximum Gasteiger partial charge on any atom is 0.339 e. The van der Waals surface area contributed by atoms with Crippen LogP contribution in [0.2, 0.25) is 0 Å². The summed E-state index contributed by atoms with van der Waals surface area (Å²) >= 11 is 6.71. The maximum atomic E-state index is 11.3. The SMILES string of the molecule is COC(=O)Cc1cc(Br)c(Oc2ccc(O)c(C(=O)O)c2)c(Br)c1. The van der Waals surface area contributed by atoms with Crippen molar-refractivity contribution in [3.8, 4) is 17.2 Å². The van der Waals surface area contributed by atoms with E-state index in [1.807, 2.05) is 0 Å². The highest BCUT2D eigenvalue weighted by atomic mass is 79.9. The Morgan fingerprint density at radius 3 is 2.29 bits per heavy atom.